The molecule has 1 aliphatic heterocycles. The summed E-state index contributed by atoms with van der Waals surface area (Å²) in [5.41, 5.74) is 6.41. The summed E-state index contributed by atoms with van der Waals surface area (Å²) in [5.74, 6) is -0.580. The van der Waals surface area contributed by atoms with E-state index in [0.29, 0.717) is 21.0 Å². The van der Waals surface area contributed by atoms with Gasteiger partial charge < -0.3 is 10.1 Å². The Kier molecular flexibility index (Phi) is 6.02. The van der Waals surface area contributed by atoms with Gasteiger partial charge in [0.15, 0.2) is 10.4 Å². The van der Waals surface area contributed by atoms with Gasteiger partial charge in [0.1, 0.15) is 0 Å². The molecule has 2 atom stereocenters. The molecule has 2 unspecified atom stereocenters. The third-order valence-electron chi connectivity index (χ3n) is 5.93. The molecule has 0 bridgehead atoms. The average molecular weight is 514 g/mol. The molecule has 0 fully saturated rings. The molecule has 4 rings (SSSR count). The first-order valence-corrected chi connectivity index (χ1v) is 11.5. The van der Waals surface area contributed by atoms with Crippen LogP contribution in [0, 0.1) is 24.2 Å². The van der Waals surface area contributed by atoms with Crippen molar-refractivity contribution in [2.75, 3.05) is 11.9 Å². The predicted molar refractivity (Wildman–Crippen MR) is 128 cm³/mol. The SMILES string of the molecule is CCOC(=O)c1nc(Br)n2c1C(Nc1cc(Cl)ccc1C)C1=CC=C(C#N)C(C)C1=C2C. The van der Waals surface area contributed by atoms with Crippen LogP contribution >= 0.6 is 27.5 Å². The number of anilines is 1. The number of hydrogen-bond acceptors (Lipinski definition) is 5. The lowest BCUT2D eigenvalue weighted by Gasteiger charge is -2.36. The van der Waals surface area contributed by atoms with E-state index in [2.05, 4.69) is 32.3 Å². The van der Waals surface area contributed by atoms with Gasteiger partial charge in [-0.25, -0.2) is 9.78 Å². The summed E-state index contributed by atoms with van der Waals surface area (Å²) < 4.78 is 7.73. The molecule has 0 amide bonds. The number of imidazole rings is 1. The van der Waals surface area contributed by atoms with E-state index in [4.69, 9.17) is 16.3 Å². The molecule has 1 N–H and O–H groups in total. The van der Waals surface area contributed by atoms with Crippen molar-refractivity contribution in [1.29, 1.82) is 5.26 Å². The van der Waals surface area contributed by atoms with E-state index >= 15 is 0 Å². The highest BCUT2D eigenvalue weighted by molar-refractivity contribution is 9.10. The number of nitrogens with zero attached hydrogens (tertiary/aromatic N) is 3. The normalized spacial score (nSPS) is 19.4. The van der Waals surface area contributed by atoms with Crippen molar-refractivity contribution in [3.63, 3.8) is 0 Å². The highest BCUT2D eigenvalue weighted by atomic mass is 79.9. The van der Waals surface area contributed by atoms with E-state index in [1.165, 1.54) is 0 Å². The maximum atomic E-state index is 12.8. The van der Waals surface area contributed by atoms with E-state index in [-0.39, 0.29) is 18.2 Å². The number of esters is 1. The molecule has 32 heavy (non-hydrogen) atoms. The summed E-state index contributed by atoms with van der Waals surface area (Å²) in [5, 5.41) is 13.8. The molecule has 2 aromatic rings. The van der Waals surface area contributed by atoms with Gasteiger partial charge in [-0.3, -0.25) is 4.57 Å². The molecule has 6 nitrogen and oxygen atoms in total. The quantitative estimate of drug-likeness (QED) is 0.492. The smallest absolute Gasteiger partial charge is 0.358 e. The third kappa shape index (κ3) is 3.58. The number of aromatic nitrogens is 2. The zero-order valence-electron chi connectivity index (χ0n) is 18.2. The summed E-state index contributed by atoms with van der Waals surface area (Å²) in [7, 11) is 0. The van der Waals surface area contributed by atoms with Gasteiger partial charge in [-0.2, -0.15) is 5.26 Å². The molecule has 1 aliphatic carbocycles. The second kappa shape index (κ2) is 8.61. The maximum absolute atomic E-state index is 12.8. The summed E-state index contributed by atoms with van der Waals surface area (Å²) in [6.07, 6.45) is 3.80. The molecule has 0 spiro atoms. The van der Waals surface area contributed by atoms with Gasteiger partial charge in [0.2, 0.25) is 0 Å². The van der Waals surface area contributed by atoms with Crippen LogP contribution in [0.5, 0.6) is 0 Å². The second-order valence-corrected chi connectivity index (χ2v) is 8.93. The largest absolute Gasteiger partial charge is 0.461 e. The van der Waals surface area contributed by atoms with Gasteiger partial charge in [-0.1, -0.05) is 30.7 Å². The summed E-state index contributed by atoms with van der Waals surface area (Å²) in [6.45, 7) is 8.01. The van der Waals surface area contributed by atoms with Crippen molar-refractivity contribution in [3.8, 4) is 6.07 Å². The Morgan fingerprint density at radius 2 is 2.12 bits per heavy atom. The van der Waals surface area contributed by atoms with Gasteiger partial charge >= 0.3 is 5.97 Å². The first kappa shape index (κ1) is 22.4. The summed E-state index contributed by atoms with van der Waals surface area (Å²) in [6, 6.07) is 7.55. The molecular weight excluding hydrogens is 492 g/mol. The zero-order valence-corrected chi connectivity index (χ0v) is 20.5. The number of hydrogen-bond donors (Lipinski definition) is 1. The van der Waals surface area contributed by atoms with Crippen LogP contribution in [0.15, 0.2) is 51.8 Å². The maximum Gasteiger partial charge on any atom is 0.358 e. The molecule has 0 saturated heterocycles. The lowest BCUT2D eigenvalue weighted by Crippen LogP contribution is -2.29. The van der Waals surface area contributed by atoms with Crippen LogP contribution in [-0.2, 0) is 4.74 Å². The number of carbonyl (C=O) groups excluding carboxylic acids is 1. The van der Waals surface area contributed by atoms with Gasteiger partial charge in [0.05, 0.1) is 24.4 Å². The number of aryl methyl sites for hydroxylation is 1. The summed E-state index contributed by atoms with van der Waals surface area (Å²) in [4.78, 5) is 17.3. The van der Waals surface area contributed by atoms with Crippen molar-refractivity contribution in [1.82, 2.24) is 9.55 Å². The highest BCUT2D eigenvalue weighted by Crippen LogP contribution is 2.48. The fraction of sp³-hybridized carbons (Fsp3) is 0.292. The third-order valence-corrected chi connectivity index (χ3v) is 6.70. The standard InChI is InChI=1S/C24H22BrClN4O2/c1-5-32-23(31)21-22-20(28-18-10-16(26)8-6-12(18)2)17-9-7-15(11-27)13(3)19(17)14(4)30(22)24(25)29-21/h6-10,13,20,28H,5H2,1-4H3. The Bertz CT molecular complexity index is 1270. The van der Waals surface area contributed by atoms with E-state index < -0.39 is 12.0 Å². The molecule has 8 heteroatoms. The van der Waals surface area contributed by atoms with Crippen LogP contribution in [0.1, 0.15) is 48.6 Å². The van der Waals surface area contributed by atoms with Crippen LogP contribution in [0.3, 0.4) is 0 Å². The minimum atomic E-state index is -0.481. The van der Waals surface area contributed by atoms with E-state index in [1.54, 1.807) is 6.92 Å². The molecule has 1 aromatic heterocycles. The number of nitriles is 1. The molecule has 2 aliphatic rings. The number of fused-ring (bicyclic) bond motifs is 2. The monoisotopic (exact) mass is 512 g/mol. The van der Waals surface area contributed by atoms with Crippen molar-refractivity contribution in [3.05, 3.63) is 73.8 Å². The van der Waals surface area contributed by atoms with Crippen LogP contribution in [0.4, 0.5) is 5.69 Å². The highest BCUT2D eigenvalue weighted by Gasteiger charge is 2.40. The van der Waals surface area contributed by atoms with Crippen molar-refractivity contribution in [2.24, 2.45) is 5.92 Å². The Morgan fingerprint density at radius 3 is 2.81 bits per heavy atom. The first-order chi connectivity index (χ1) is 15.3. The Hall–Kier alpha value is -2.82. The Balaban J connectivity index is 1.98. The minimum Gasteiger partial charge on any atom is -0.461 e. The molecule has 0 saturated carbocycles. The van der Waals surface area contributed by atoms with Crippen molar-refractivity contribution in [2.45, 2.75) is 33.7 Å². The lowest BCUT2D eigenvalue weighted by molar-refractivity contribution is 0.0518. The lowest BCUT2D eigenvalue weighted by atomic mass is 9.77. The Labute approximate surface area is 200 Å². The first-order valence-electron chi connectivity index (χ1n) is 10.3. The number of nitrogens with one attached hydrogen (secondary N) is 1. The van der Waals surface area contributed by atoms with Gasteiger partial charge in [-0.05, 0) is 71.6 Å². The Morgan fingerprint density at radius 1 is 1.38 bits per heavy atom. The predicted octanol–water partition coefficient (Wildman–Crippen LogP) is 6.21. The second-order valence-electron chi connectivity index (χ2n) is 7.78. The van der Waals surface area contributed by atoms with Crippen LogP contribution in [-0.4, -0.2) is 22.1 Å². The fourth-order valence-corrected chi connectivity index (χ4v) is 5.19. The number of allylic oxidation sites excluding steroid dienone is 4. The molecule has 1 aromatic carbocycles. The van der Waals surface area contributed by atoms with Crippen molar-refractivity contribution >= 4 is 44.9 Å². The van der Waals surface area contributed by atoms with Crippen LogP contribution in [0.2, 0.25) is 5.02 Å². The minimum absolute atomic E-state index is 0.0988. The van der Waals surface area contributed by atoms with Crippen LogP contribution in [0.25, 0.3) is 5.70 Å². The average Bonchev–Trinajstić information content (AvgIpc) is 3.11. The molecule has 0 radical (unpaired) electrons. The number of rotatable bonds is 4. The topological polar surface area (TPSA) is 79.9 Å². The van der Waals surface area contributed by atoms with E-state index in [1.807, 2.05) is 55.7 Å². The molecule has 164 valence electrons. The fourth-order valence-electron chi connectivity index (χ4n) is 4.39. The summed E-state index contributed by atoms with van der Waals surface area (Å²) >= 11 is 9.81. The number of benzene rings is 1. The van der Waals surface area contributed by atoms with Crippen molar-refractivity contribution < 1.29 is 9.53 Å². The van der Waals surface area contributed by atoms with Gasteiger partial charge in [0, 0.05) is 27.9 Å². The molecule has 2 heterocycles. The molecular formula is C24H22BrClN4O2. The van der Waals surface area contributed by atoms with Gasteiger partial charge in [-0.15, -0.1) is 0 Å². The zero-order chi connectivity index (χ0) is 23.2. The number of ether oxygens (including phenoxy) is 1. The van der Waals surface area contributed by atoms with Gasteiger partial charge in [0.25, 0.3) is 0 Å². The number of halogens is 2. The van der Waals surface area contributed by atoms with Crippen LogP contribution < -0.4 is 5.32 Å². The van der Waals surface area contributed by atoms with E-state index in [0.717, 1.165) is 28.1 Å². The number of carbonyl (C=O) groups is 1. The van der Waals surface area contributed by atoms with E-state index in [9.17, 15) is 10.1 Å².